The Hall–Kier alpha value is -1.08. The Kier molecular flexibility index (Phi) is 6.01. The standard InChI is InChI=1S/C12H19ClN2O4S/c1-9(2)12-14-10(20(13,18)19)8-15(12)7-5-3-4-6-11(16)17/h8-9H,3-7H2,1-2H3,(H,16,17). The first-order chi connectivity index (χ1) is 9.21. The van der Waals surface area contributed by atoms with Crippen molar-refractivity contribution in [3.05, 3.63) is 12.0 Å². The van der Waals surface area contributed by atoms with E-state index in [-0.39, 0.29) is 17.4 Å². The molecule has 0 aliphatic carbocycles. The number of aryl methyl sites for hydroxylation is 1. The SMILES string of the molecule is CC(C)c1nc(S(=O)(=O)Cl)cn1CCCCCC(=O)O. The third-order valence-electron chi connectivity index (χ3n) is 2.84. The highest BCUT2D eigenvalue weighted by molar-refractivity contribution is 8.13. The van der Waals surface area contributed by atoms with Crippen molar-refractivity contribution < 1.29 is 18.3 Å². The van der Waals surface area contributed by atoms with Gasteiger partial charge in [-0.1, -0.05) is 20.3 Å². The zero-order valence-corrected chi connectivity index (χ0v) is 13.1. The molecule has 0 bridgehead atoms. The number of aromatic nitrogens is 2. The number of unbranched alkanes of at least 4 members (excludes halogenated alkanes) is 2. The number of nitrogens with zero attached hydrogens (tertiary/aromatic N) is 2. The van der Waals surface area contributed by atoms with E-state index in [0.29, 0.717) is 18.8 Å². The quantitative estimate of drug-likeness (QED) is 0.587. The summed E-state index contributed by atoms with van der Waals surface area (Å²) >= 11 is 0. The fourth-order valence-electron chi connectivity index (χ4n) is 1.90. The molecule has 1 rings (SSSR count). The van der Waals surface area contributed by atoms with Gasteiger partial charge in [-0.25, -0.2) is 13.4 Å². The summed E-state index contributed by atoms with van der Waals surface area (Å²) in [5.74, 6) is -0.0466. The van der Waals surface area contributed by atoms with Crippen LogP contribution < -0.4 is 0 Å². The molecule has 0 aliphatic heterocycles. The van der Waals surface area contributed by atoms with Crippen molar-refractivity contribution in [2.75, 3.05) is 0 Å². The Morgan fingerprint density at radius 2 is 2.05 bits per heavy atom. The second kappa shape index (κ2) is 7.08. The van der Waals surface area contributed by atoms with E-state index in [9.17, 15) is 13.2 Å². The van der Waals surface area contributed by atoms with Crippen molar-refractivity contribution in [2.24, 2.45) is 0 Å². The molecule has 6 nitrogen and oxygen atoms in total. The summed E-state index contributed by atoms with van der Waals surface area (Å²) in [6, 6.07) is 0. The van der Waals surface area contributed by atoms with Crippen LogP contribution in [0.15, 0.2) is 11.2 Å². The van der Waals surface area contributed by atoms with E-state index in [2.05, 4.69) is 4.98 Å². The minimum absolute atomic E-state index is 0.0844. The van der Waals surface area contributed by atoms with Gasteiger partial charge in [0, 0.05) is 35.8 Å². The number of carboxylic acid groups (broad SMARTS) is 1. The lowest BCUT2D eigenvalue weighted by atomic mass is 10.2. The number of hydrogen-bond donors (Lipinski definition) is 1. The molecule has 1 heterocycles. The third kappa shape index (κ3) is 5.13. The molecule has 0 saturated heterocycles. The van der Waals surface area contributed by atoms with Crippen molar-refractivity contribution >= 4 is 25.7 Å². The highest BCUT2D eigenvalue weighted by atomic mass is 35.7. The Balaban J connectivity index is 2.69. The zero-order chi connectivity index (χ0) is 15.3. The van der Waals surface area contributed by atoms with E-state index >= 15 is 0 Å². The largest absolute Gasteiger partial charge is 0.481 e. The fraction of sp³-hybridized carbons (Fsp3) is 0.667. The molecule has 0 aromatic carbocycles. The average molecular weight is 323 g/mol. The monoisotopic (exact) mass is 322 g/mol. The number of rotatable bonds is 8. The maximum absolute atomic E-state index is 11.3. The molecule has 1 aromatic rings. The number of hydrogen-bond acceptors (Lipinski definition) is 4. The normalized spacial score (nSPS) is 12.0. The molecule has 1 aromatic heterocycles. The van der Waals surface area contributed by atoms with Gasteiger partial charge in [0.25, 0.3) is 9.05 Å². The molecule has 0 aliphatic rings. The molecule has 8 heteroatoms. The van der Waals surface area contributed by atoms with Crippen LogP contribution in [-0.4, -0.2) is 29.0 Å². The van der Waals surface area contributed by atoms with Crippen molar-refractivity contribution in [2.45, 2.75) is 57.0 Å². The van der Waals surface area contributed by atoms with Gasteiger partial charge >= 0.3 is 5.97 Å². The van der Waals surface area contributed by atoms with Crippen molar-refractivity contribution in [1.29, 1.82) is 0 Å². The molecular weight excluding hydrogens is 304 g/mol. The molecule has 0 spiro atoms. The van der Waals surface area contributed by atoms with Gasteiger partial charge in [0.2, 0.25) is 0 Å². The van der Waals surface area contributed by atoms with E-state index in [4.69, 9.17) is 15.8 Å². The lowest BCUT2D eigenvalue weighted by molar-refractivity contribution is -0.137. The fourth-order valence-corrected chi connectivity index (χ4v) is 2.58. The van der Waals surface area contributed by atoms with Crippen molar-refractivity contribution in [3.8, 4) is 0 Å². The van der Waals surface area contributed by atoms with Crippen LogP contribution in [0.1, 0.15) is 51.3 Å². The summed E-state index contributed by atoms with van der Waals surface area (Å²) in [4.78, 5) is 14.5. The van der Waals surface area contributed by atoms with Gasteiger partial charge in [-0.15, -0.1) is 0 Å². The molecule has 0 radical (unpaired) electrons. The predicted octanol–water partition coefficient (Wildman–Crippen LogP) is 2.58. The molecule has 0 fully saturated rings. The first kappa shape index (κ1) is 17.0. The topological polar surface area (TPSA) is 89.3 Å². The van der Waals surface area contributed by atoms with Crippen molar-refractivity contribution in [1.82, 2.24) is 9.55 Å². The summed E-state index contributed by atoms with van der Waals surface area (Å²) in [6.45, 7) is 4.45. The third-order valence-corrected chi connectivity index (χ3v) is 4.01. The number of carbonyl (C=O) groups is 1. The maximum atomic E-state index is 11.3. The van der Waals surface area contributed by atoms with Gasteiger partial charge in [-0.2, -0.15) is 0 Å². The smallest absolute Gasteiger partial charge is 0.303 e. The lowest BCUT2D eigenvalue weighted by Crippen LogP contribution is -2.05. The molecule has 114 valence electrons. The molecule has 0 unspecified atom stereocenters. The summed E-state index contributed by atoms with van der Waals surface area (Å²) < 4.78 is 24.4. The minimum atomic E-state index is -3.82. The van der Waals surface area contributed by atoms with Crippen LogP contribution in [-0.2, 0) is 20.4 Å². The molecule has 20 heavy (non-hydrogen) atoms. The Bertz CT molecular complexity index is 566. The van der Waals surface area contributed by atoms with Crippen LogP contribution in [0.4, 0.5) is 0 Å². The number of imidazole rings is 1. The first-order valence-corrected chi connectivity index (χ1v) is 8.76. The molecule has 0 amide bonds. The van der Waals surface area contributed by atoms with E-state index in [1.165, 1.54) is 6.20 Å². The first-order valence-electron chi connectivity index (χ1n) is 6.45. The van der Waals surface area contributed by atoms with Crippen molar-refractivity contribution in [3.63, 3.8) is 0 Å². The summed E-state index contributed by atoms with van der Waals surface area (Å²) in [5.41, 5.74) is 0. The van der Waals surface area contributed by atoms with Gasteiger partial charge in [0.1, 0.15) is 5.82 Å². The Morgan fingerprint density at radius 3 is 2.55 bits per heavy atom. The second-order valence-electron chi connectivity index (χ2n) is 4.93. The van der Waals surface area contributed by atoms with Crippen LogP contribution in [0, 0.1) is 0 Å². The van der Waals surface area contributed by atoms with Crippen LogP contribution >= 0.6 is 10.7 Å². The molecule has 0 atom stereocenters. The number of aliphatic carboxylic acids is 1. The van der Waals surface area contributed by atoms with E-state index in [0.717, 1.165) is 12.8 Å². The molecule has 0 saturated carbocycles. The van der Waals surface area contributed by atoms with Crippen LogP contribution in [0.2, 0.25) is 0 Å². The van der Waals surface area contributed by atoms with Gasteiger partial charge in [-0.3, -0.25) is 4.79 Å². The molecule has 1 N–H and O–H groups in total. The zero-order valence-electron chi connectivity index (χ0n) is 11.5. The second-order valence-corrected chi connectivity index (χ2v) is 7.44. The predicted molar refractivity (Wildman–Crippen MR) is 75.5 cm³/mol. The average Bonchev–Trinajstić information content (AvgIpc) is 2.72. The van der Waals surface area contributed by atoms with Gasteiger partial charge in [-0.05, 0) is 12.8 Å². The minimum Gasteiger partial charge on any atom is -0.481 e. The van der Waals surface area contributed by atoms with Crippen LogP contribution in [0.3, 0.4) is 0 Å². The van der Waals surface area contributed by atoms with E-state index < -0.39 is 15.0 Å². The van der Waals surface area contributed by atoms with Gasteiger partial charge in [0.05, 0.1) is 0 Å². The summed E-state index contributed by atoms with van der Waals surface area (Å²) in [7, 11) is 1.48. The van der Waals surface area contributed by atoms with Gasteiger partial charge in [0.15, 0.2) is 5.03 Å². The number of halogens is 1. The Morgan fingerprint density at radius 1 is 1.40 bits per heavy atom. The molecular formula is C12H19ClN2O4S. The van der Waals surface area contributed by atoms with Crippen LogP contribution in [0.25, 0.3) is 0 Å². The maximum Gasteiger partial charge on any atom is 0.303 e. The van der Waals surface area contributed by atoms with E-state index in [1.54, 1.807) is 4.57 Å². The lowest BCUT2D eigenvalue weighted by Gasteiger charge is -2.09. The highest BCUT2D eigenvalue weighted by Gasteiger charge is 2.19. The van der Waals surface area contributed by atoms with E-state index in [1.807, 2.05) is 13.8 Å². The summed E-state index contributed by atoms with van der Waals surface area (Å²) in [6.07, 6.45) is 3.74. The highest BCUT2D eigenvalue weighted by Crippen LogP contribution is 2.20. The Labute approximate surface area is 123 Å². The summed E-state index contributed by atoms with van der Waals surface area (Å²) in [5, 5.41) is 8.41. The number of carboxylic acids is 1. The van der Waals surface area contributed by atoms with Crippen LogP contribution in [0.5, 0.6) is 0 Å². The van der Waals surface area contributed by atoms with Gasteiger partial charge < -0.3 is 9.67 Å².